The lowest BCUT2D eigenvalue weighted by molar-refractivity contribution is 0.336. The van der Waals surface area contributed by atoms with Crippen LogP contribution in [-0.2, 0) is 0 Å². The largest absolute Gasteiger partial charge is 0.496 e. The summed E-state index contributed by atoms with van der Waals surface area (Å²) in [5.41, 5.74) is 7.97. The number of aryl methyl sites for hydroxylation is 1. The van der Waals surface area contributed by atoms with Crippen molar-refractivity contribution in [3.8, 4) is 22.8 Å². The lowest BCUT2D eigenvalue weighted by atomic mass is 10.1. The van der Waals surface area contributed by atoms with Gasteiger partial charge in [-0.05, 0) is 31.5 Å². The van der Waals surface area contributed by atoms with E-state index in [9.17, 15) is 0 Å². The first-order valence-electron chi connectivity index (χ1n) is 5.69. The summed E-state index contributed by atoms with van der Waals surface area (Å²) in [5.74, 6) is 1.78. The number of nitrogens with zero attached hydrogens (tertiary/aromatic N) is 1. The molecule has 18 heavy (non-hydrogen) atoms. The quantitative estimate of drug-likeness (QED) is 0.900. The number of aromatic nitrogens is 1. The minimum Gasteiger partial charge on any atom is -0.496 e. The summed E-state index contributed by atoms with van der Waals surface area (Å²) in [7, 11) is 1.61. The highest BCUT2D eigenvalue weighted by Crippen LogP contribution is 2.35. The average molecular weight is 248 g/mol. The summed E-state index contributed by atoms with van der Waals surface area (Å²) >= 11 is 0. The molecule has 0 fully saturated rings. The van der Waals surface area contributed by atoms with E-state index in [-0.39, 0.29) is 5.88 Å². The molecule has 0 radical (unpaired) electrons. The van der Waals surface area contributed by atoms with E-state index in [4.69, 9.17) is 19.7 Å². The zero-order valence-corrected chi connectivity index (χ0v) is 10.7. The summed E-state index contributed by atoms with van der Waals surface area (Å²) in [6.07, 6.45) is 0. The van der Waals surface area contributed by atoms with Crippen LogP contribution in [0.4, 0.5) is 5.88 Å². The van der Waals surface area contributed by atoms with Gasteiger partial charge in [0.25, 0.3) is 0 Å². The third-order valence-electron chi connectivity index (χ3n) is 2.60. The van der Waals surface area contributed by atoms with Crippen molar-refractivity contribution in [2.75, 3.05) is 19.5 Å². The Morgan fingerprint density at radius 2 is 2.06 bits per heavy atom. The van der Waals surface area contributed by atoms with Crippen molar-refractivity contribution < 1.29 is 14.0 Å². The molecule has 0 saturated carbocycles. The van der Waals surface area contributed by atoms with Crippen molar-refractivity contribution in [2.45, 2.75) is 13.8 Å². The molecular weight excluding hydrogens is 232 g/mol. The number of methoxy groups -OCH3 is 1. The van der Waals surface area contributed by atoms with E-state index in [1.807, 2.05) is 26.0 Å². The first kappa shape index (κ1) is 12.3. The molecule has 2 N–H and O–H groups in total. The van der Waals surface area contributed by atoms with Gasteiger partial charge in [-0.1, -0.05) is 5.16 Å². The van der Waals surface area contributed by atoms with Gasteiger partial charge in [-0.25, -0.2) is 0 Å². The number of ether oxygens (including phenoxy) is 2. The normalized spacial score (nSPS) is 10.4. The van der Waals surface area contributed by atoms with Crippen molar-refractivity contribution in [2.24, 2.45) is 0 Å². The van der Waals surface area contributed by atoms with Crippen molar-refractivity contribution in [1.82, 2.24) is 5.16 Å². The van der Waals surface area contributed by atoms with E-state index in [0.29, 0.717) is 18.1 Å². The Bertz CT molecular complexity index is 549. The number of hydrogen-bond donors (Lipinski definition) is 1. The summed E-state index contributed by atoms with van der Waals surface area (Å²) in [4.78, 5) is 0. The predicted octanol–water partition coefficient (Wildman–Crippen LogP) is 2.64. The van der Waals surface area contributed by atoms with Crippen molar-refractivity contribution in [3.05, 3.63) is 23.8 Å². The second-order valence-corrected chi connectivity index (χ2v) is 3.87. The van der Waals surface area contributed by atoms with Crippen LogP contribution in [0.2, 0.25) is 0 Å². The monoisotopic (exact) mass is 248 g/mol. The zero-order chi connectivity index (χ0) is 13.1. The molecule has 0 aliphatic carbocycles. The van der Waals surface area contributed by atoms with E-state index in [2.05, 4.69) is 5.16 Å². The minimum absolute atomic E-state index is 0.269. The molecule has 2 aromatic rings. The molecule has 96 valence electrons. The average Bonchev–Trinajstić information content (AvgIpc) is 2.78. The summed E-state index contributed by atoms with van der Waals surface area (Å²) in [6, 6.07) is 5.45. The Kier molecular flexibility index (Phi) is 3.41. The number of anilines is 1. The SMILES string of the molecule is CCOc1cc(-c2cc(N)on2)c(OC)cc1C. The smallest absolute Gasteiger partial charge is 0.222 e. The van der Waals surface area contributed by atoms with Crippen LogP contribution >= 0.6 is 0 Å². The fourth-order valence-electron chi connectivity index (χ4n) is 1.76. The molecule has 0 unspecified atom stereocenters. The fourth-order valence-corrected chi connectivity index (χ4v) is 1.76. The van der Waals surface area contributed by atoms with Gasteiger partial charge in [0, 0.05) is 11.6 Å². The molecule has 1 aromatic carbocycles. The number of nitrogens with two attached hydrogens (primary N) is 1. The second kappa shape index (κ2) is 5.00. The van der Waals surface area contributed by atoms with Gasteiger partial charge in [0.15, 0.2) is 0 Å². The molecule has 5 nitrogen and oxygen atoms in total. The van der Waals surface area contributed by atoms with E-state index < -0.39 is 0 Å². The van der Waals surface area contributed by atoms with Crippen LogP contribution in [0.15, 0.2) is 22.7 Å². The molecule has 2 rings (SSSR count). The van der Waals surface area contributed by atoms with Gasteiger partial charge in [-0.15, -0.1) is 0 Å². The van der Waals surface area contributed by atoms with E-state index in [1.54, 1.807) is 13.2 Å². The summed E-state index contributed by atoms with van der Waals surface area (Å²) in [6.45, 7) is 4.51. The van der Waals surface area contributed by atoms with Crippen LogP contribution < -0.4 is 15.2 Å². The number of rotatable bonds is 4. The van der Waals surface area contributed by atoms with E-state index >= 15 is 0 Å². The first-order valence-corrected chi connectivity index (χ1v) is 5.69. The maximum absolute atomic E-state index is 5.56. The Hall–Kier alpha value is -2.17. The Labute approximate surface area is 105 Å². The van der Waals surface area contributed by atoms with E-state index in [1.165, 1.54) is 0 Å². The maximum atomic E-state index is 5.56. The van der Waals surface area contributed by atoms with Gasteiger partial charge >= 0.3 is 0 Å². The molecule has 0 spiro atoms. The third-order valence-corrected chi connectivity index (χ3v) is 2.60. The van der Waals surface area contributed by atoms with Crippen molar-refractivity contribution in [3.63, 3.8) is 0 Å². The zero-order valence-electron chi connectivity index (χ0n) is 10.7. The van der Waals surface area contributed by atoms with E-state index in [0.717, 1.165) is 16.9 Å². The Morgan fingerprint density at radius 1 is 1.28 bits per heavy atom. The standard InChI is InChI=1S/C13H16N2O3/c1-4-17-11-6-9(10-7-13(14)18-15-10)12(16-3)5-8(11)2/h5-7H,4,14H2,1-3H3. The molecule has 5 heteroatoms. The molecule has 1 heterocycles. The number of benzene rings is 1. The molecule has 0 amide bonds. The topological polar surface area (TPSA) is 70.5 Å². The lowest BCUT2D eigenvalue weighted by Gasteiger charge is -2.12. The maximum Gasteiger partial charge on any atom is 0.222 e. The van der Waals surface area contributed by atoms with Gasteiger partial charge in [-0.3, -0.25) is 0 Å². The third kappa shape index (κ3) is 2.25. The molecule has 0 atom stereocenters. The molecule has 0 saturated heterocycles. The molecule has 0 bridgehead atoms. The summed E-state index contributed by atoms with van der Waals surface area (Å²) < 4.78 is 15.8. The Balaban J connectivity index is 2.53. The van der Waals surface area contributed by atoms with Gasteiger partial charge < -0.3 is 19.7 Å². The second-order valence-electron chi connectivity index (χ2n) is 3.87. The highest BCUT2D eigenvalue weighted by molar-refractivity contribution is 5.71. The first-order chi connectivity index (χ1) is 8.65. The van der Waals surface area contributed by atoms with Gasteiger partial charge in [-0.2, -0.15) is 0 Å². The highest BCUT2D eigenvalue weighted by Gasteiger charge is 2.14. The fraction of sp³-hybridized carbons (Fsp3) is 0.308. The minimum atomic E-state index is 0.269. The highest BCUT2D eigenvalue weighted by atomic mass is 16.5. The van der Waals surface area contributed by atoms with Crippen LogP contribution in [0.5, 0.6) is 11.5 Å². The van der Waals surface area contributed by atoms with Crippen LogP contribution in [0.1, 0.15) is 12.5 Å². The molecule has 1 aromatic heterocycles. The predicted molar refractivity (Wildman–Crippen MR) is 68.8 cm³/mol. The van der Waals surface area contributed by atoms with Crippen molar-refractivity contribution in [1.29, 1.82) is 0 Å². The van der Waals surface area contributed by atoms with Crippen LogP contribution in [0.3, 0.4) is 0 Å². The van der Waals surface area contributed by atoms with Crippen LogP contribution in [0, 0.1) is 6.92 Å². The van der Waals surface area contributed by atoms with Crippen LogP contribution in [0.25, 0.3) is 11.3 Å². The van der Waals surface area contributed by atoms with Gasteiger partial charge in [0.2, 0.25) is 5.88 Å². The van der Waals surface area contributed by atoms with Crippen LogP contribution in [-0.4, -0.2) is 18.9 Å². The number of hydrogen-bond acceptors (Lipinski definition) is 5. The molecule has 0 aliphatic heterocycles. The van der Waals surface area contributed by atoms with Gasteiger partial charge in [0.05, 0.1) is 13.7 Å². The molecule has 0 aliphatic rings. The Morgan fingerprint density at radius 3 is 2.61 bits per heavy atom. The lowest BCUT2D eigenvalue weighted by Crippen LogP contribution is -1.97. The summed E-state index contributed by atoms with van der Waals surface area (Å²) in [5, 5.41) is 3.89. The number of nitrogen functional groups attached to an aromatic ring is 1. The van der Waals surface area contributed by atoms with Crippen molar-refractivity contribution >= 4 is 5.88 Å². The van der Waals surface area contributed by atoms with Gasteiger partial charge in [0.1, 0.15) is 17.2 Å². The molecular formula is C13H16N2O3.